The highest BCUT2D eigenvalue weighted by Crippen LogP contribution is 2.32. The summed E-state index contributed by atoms with van der Waals surface area (Å²) in [6.45, 7) is 2.60. The van der Waals surface area contributed by atoms with Gasteiger partial charge in [0.25, 0.3) is 0 Å². The van der Waals surface area contributed by atoms with E-state index in [9.17, 15) is 4.79 Å². The lowest BCUT2D eigenvalue weighted by Crippen LogP contribution is -2.38. The van der Waals surface area contributed by atoms with Gasteiger partial charge in [-0.3, -0.25) is 0 Å². The lowest BCUT2D eigenvalue weighted by Gasteiger charge is -2.13. The van der Waals surface area contributed by atoms with E-state index in [2.05, 4.69) is 10.3 Å². The van der Waals surface area contributed by atoms with E-state index in [4.69, 9.17) is 14.2 Å². The Hall–Kier alpha value is -3.00. The second-order valence-electron chi connectivity index (χ2n) is 7.62. The van der Waals surface area contributed by atoms with Crippen molar-refractivity contribution in [3.8, 4) is 11.5 Å². The van der Waals surface area contributed by atoms with Crippen LogP contribution >= 0.6 is 11.8 Å². The predicted molar refractivity (Wildman–Crippen MR) is 120 cm³/mol. The molecule has 1 N–H and O–H groups in total. The molecule has 0 atom stereocenters. The van der Waals surface area contributed by atoms with Crippen LogP contribution in [0, 0.1) is 0 Å². The standard InChI is InChI=1S/C24H27N3O4S/c1-3-30-24(28)22-23(27(26-25-22)16-17-11-13-18(29-2)14-12-17)32-21-10-6-9-20(15-21)31-19-7-4-5-8-19/h6,9-15,19H,3-5,7-8,16H2,1-2H3/p+1. The highest BCUT2D eigenvalue weighted by molar-refractivity contribution is 7.99. The number of ether oxygens (including phenoxy) is 3. The van der Waals surface area contributed by atoms with E-state index in [1.165, 1.54) is 24.6 Å². The number of hydrogen-bond donors (Lipinski definition) is 1. The highest BCUT2D eigenvalue weighted by atomic mass is 32.2. The minimum absolute atomic E-state index is 0.271. The first-order valence-corrected chi connectivity index (χ1v) is 11.7. The van der Waals surface area contributed by atoms with Crippen molar-refractivity contribution in [2.75, 3.05) is 13.7 Å². The highest BCUT2D eigenvalue weighted by Gasteiger charge is 2.30. The molecule has 1 saturated carbocycles. The maximum absolute atomic E-state index is 12.5. The molecular weight excluding hydrogens is 426 g/mol. The van der Waals surface area contributed by atoms with E-state index in [1.54, 1.807) is 14.0 Å². The molecule has 1 fully saturated rings. The molecule has 7 nitrogen and oxygen atoms in total. The van der Waals surface area contributed by atoms with Gasteiger partial charge in [0, 0.05) is 4.90 Å². The molecule has 0 aliphatic heterocycles. The zero-order valence-electron chi connectivity index (χ0n) is 18.4. The number of nitrogens with one attached hydrogen (secondary N) is 1. The van der Waals surface area contributed by atoms with Gasteiger partial charge < -0.3 is 14.2 Å². The topological polar surface area (TPSA) is 77.3 Å². The maximum atomic E-state index is 12.5. The fraction of sp³-hybridized carbons (Fsp3) is 0.375. The Morgan fingerprint density at radius 1 is 1.16 bits per heavy atom. The molecule has 2 aromatic carbocycles. The van der Waals surface area contributed by atoms with Gasteiger partial charge in [0.2, 0.25) is 5.03 Å². The molecule has 0 spiro atoms. The minimum atomic E-state index is -0.446. The molecule has 1 aliphatic carbocycles. The quantitative estimate of drug-likeness (QED) is 0.381. The summed E-state index contributed by atoms with van der Waals surface area (Å²) in [7, 11) is 1.64. The number of H-pyrrole nitrogens is 1. The first kappa shape index (κ1) is 22.2. The summed E-state index contributed by atoms with van der Waals surface area (Å²) in [6.07, 6.45) is 4.95. The predicted octanol–water partition coefficient (Wildman–Crippen LogP) is 4.40. The Morgan fingerprint density at radius 3 is 2.66 bits per heavy atom. The van der Waals surface area contributed by atoms with Gasteiger partial charge in [0.15, 0.2) is 0 Å². The summed E-state index contributed by atoms with van der Waals surface area (Å²) >= 11 is 1.46. The molecule has 1 aliphatic rings. The van der Waals surface area contributed by atoms with E-state index in [-0.39, 0.29) is 5.69 Å². The molecule has 0 unspecified atom stereocenters. The van der Waals surface area contributed by atoms with Gasteiger partial charge in [0.1, 0.15) is 18.0 Å². The SMILES string of the molecule is CCOC(=O)c1n[nH][n+](Cc2ccc(OC)cc2)c1Sc1cccc(OC2CCCC2)c1. The van der Waals surface area contributed by atoms with Crippen LogP contribution in [0.4, 0.5) is 0 Å². The van der Waals surface area contributed by atoms with Crippen LogP contribution in [0.5, 0.6) is 11.5 Å². The smallest absolute Gasteiger partial charge is 0.390 e. The van der Waals surface area contributed by atoms with Gasteiger partial charge in [-0.1, -0.05) is 23.4 Å². The summed E-state index contributed by atoms with van der Waals surface area (Å²) in [6, 6.07) is 15.8. The molecule has 0 amide bonds. The van der Waals surface area contributed by atoms with Gasteiger partial charge in [-0.15, -0.1) is 4.68 Å². The monoisotopic (exact) mass is 454 g/mol. The Kier molecular flexibility index (Phi) is 7.32. The molecular formula is C24H28N3O4S+. The Labute approximate surface area is 192 Å². The molecule has 168 valence electrons. The van der Waals surface area contributed by atoms with Crippen molar-refractivity contribution in [2.24, 2.45) is 0 Å². The molecule has 1 heterocycles. The van der Waals surface area contributed by atoms with Gasteiger partial charge in [-0.25, -0.2) is 4.79 Å². The van der Waals surface area contributed by atoms with E-state index in [0.717, 1.165) is 34.8 Å². The van der Waals surface area contributed by atoms with Gasteiger partial charge in [0.05, 0.1) is 24.9 Å². The van der Waals surface area contributed by atoms with Gasteiger partial charge >= 0.3 is 11.7 Å². The second-order valence-corrected chi connectivity index (χ2v) is 8.68. The third kappa shape index (κ3) is 5.43. The maximum Gasteiger partial charge on any atom is 0.390 e. The van der Waals surface area contributed by atoms with E-state index < -0.39 is 5.97 Å². The Morgan fingerprint density at radius 2 is 1.94 bits per heavy atom. The number of methoxy groups -OCH3 is 1. The van der Waals surface area contributed by atoms with E-state index in [1.807, 2.05) is 53.2 Å². The molecule has 0 radical (unpaired) electrons. The zero-order valence-corrected chi connectivity index (χ0v) is 19.2. The molecule has 0 saturated heterocycles. The van der Waals surface area contributed by atoms with Crippen molar-refractivity contribution in [1.29, 1.82) is 0 Å². The average molecular weight is 455 g/mol. The number of aromatic nitrogens is 3. The zero-order chi connectivity index (χ0) is 22.3. The number of aromatic amines is 1. The summed E-state index contributed by atoms with van der Waals surface area (Å²) in [5.41, 5.74) is 1.32. The fourth-order valence-corrected chi connectivity index (χ4v) is 4.70. The summed E-state index contributed by atoms with van der Waals surface area (Å²) in [5, 5.41) is 7.91. The van der Waals surface area contributed by atoms with Crippen molar-refractivity contribution in [3.63, 3.8) is 0 Å². The first-order valence-electron chi connectivity index (χ1n) is 10.9. The number of carbonyl (C=O) groups excluding carboxylic acids is 1. The minimum Gasteiger partial charge on any atom is -0.497 e. The normalized spacial score (nSPS) is 13.8. The molecule has 0 bridgehead atoms. The molecule has 32 heavy (non-hydrogen) atoms. The Balaban J connectivity index is 1.58. The number of esters is 1. The van der Waals surface area contributed by atoms with Crippen LogP contribution in [0.15, 0.2) is 58.5 Å². The van der Waals surface area contributed by atoms with Gasteiger partial charge in [-0.05, 0) is 80.3 Å². The van der Waals surface area contributed by atoms with Crippen molar-refractivity contribution in [1.82, 2.24) is 10.3 Å². The van der Waals surface area contributed by atoms with Crippen molar-refractivity contribution < 1.29 is 23.7 Å². The number of rotatable bonds is 9. The summed E-state index contributed by atoms with van der Waals surface area (Å²) in [5.74, 6) is 1.20. The van der Waals surface area contributed by atoms with Gasteiger partial charge in [-0.2, -0.15) is 0 Å². The second kappa shape index (κ2) is 10.5. The largest absolute Gasteiger partial charge is 0.497 e. The fourth-order valence-electron chi connectivity index (χ4n) is 3.71. The van der Waals surface area contributed by atoms with Crippen LogP contribution in [0.3, 0.4) is 0 Å². The van der Waals surface area contributed by atoms with Crippen molar-refractivity contribution in [2.45, 2.75) is 55.2 Å². The first-order chi connectivity index (χ1) is 15.7. The van der Waals surface area contributed by atoms with Crippen LogP contribution in [0.1, 0.15) is 48.7 Å². The van der Waals surface area contributed by atoms with Crippen LogP contribution < -0.4 is 14.2 Å². The number of benzene rings is 2. The summed E-state index contributed by atoms with van der Waals surface area (Å²) in [4.78, 5) is 13.5. The van der Waals surface area contributed by atoms with Crippen LogP contribution in [-0.2, 0) is 11.3 Å². The Bertz CT molecular complexity index is 1050. The summed E-state index contributed by atoms with van der Waals surface area (Å²) < 4.78 is 18.5. The third-order valence-electron chi connectivity index (χ3n) is 5.32. The van der Waals surface area contributed by atoms with E-state index >= 15 is 0 Å². The van der Waals surface area contributed by atoms with Crippen LogP contribution in [0.2, 0.25) is 0 Å². The number of hydrogen-bond acceptors (Lipinski definition) is 6. The molecule has 8 heteroatoms. The lowest BCUT2D eigenvalue weighted by molar-refractivity contribution is -0.778. The van der Waals surface area contributed by atoms with Crippen molar-refractivity contribution >= 4 is 17.7 Å². The average Bonchev–Trinajstić information content (AvgIpc) is 3.45. The number of nitrogens with zero attached hydrogens (tertiary/aromatic N) is 2. The van der Waals surface area contributed by atoms with Crippen molar-refractivity contribution in [3.05, 3.63) is 59.8 Å². The third-order valence-corrected chi connectivity index (χ3v) is 6.42. The van der Waals surface area contributed by atoms with Crippen LogP contribution in [0.25, 0.3) is 0 Å². The lowest BCUT2D eigenvalue weighted by atomic mass is 10.2. The van der Waals surface area contributed by atoms with E-state index in [0.29, 0.717) is 24.3 Å². The molecule has 3 aromatic rings. The molecule has 1 aromatic heterocycles. The van der Waals surface area contributed by atoms with Crippen LogP contribution in [-0.4, -0.2) is 36.1 Å². The molecule has 4 rings (SSSR count). The number of carbonyl (C=O) groups is 1.